The highest BCUT2D eigenvalue weighted by Crippen LogP contribution is 2.24. The van der Waals surface area contributed by atoms with E-state index in [1.54, 1.807) is 18.3 Å². The summed E-state index contributed by atoms with van der Waals surface area (Å²) >= 11 is 0. The fourth-order valence-corrected chi connectivity index (χ4v) is 3.23. The van der Waals surface area contributed by atoms with Crippen molar-refractivity contribution in [1.82, 2.24) is 10.3 Å². The van der Waals surface area contributed by atoms with E-state index in [0.29, 0.717) is 36.5 Å². The van der Waals surface area contributed by atoms with Gasteiger partial charge in [0.05, 0.1) is 30.2 Å². The molecule has 1 amide bonds. The summed E-state index contributed by atoms with van der Waals surface area (Å²) in [7, 11) is 0. The molecule has 0 spiro atoms. The van der Waals surface area contributed by atoms with Crippen molar-refractivity contribution in [2.75, 3.05) is 18.5 Å². The zero-order valence-corrected chi connectivity index (χ0v) is 16.6. The molecule has 0 saturated carbocycles. The van der Waals surface area contributed by atoms with Crippen molar-refractivity contribution in [3.63, 3.8) is 0 Å². The first-order valence-corrected chi connectivity index (χ1v) is 9.67. The van der Waals surface area contributed by atoms with Crippen molar-refractivity contribution in [1.29, 1.82) is 5.26 Å². The van der Waals surface area contributed by atoms with Crippen LogP contribution in [0.4, 0.5) is 11.5 Å². The van der Waals surface area contributed by atoms with Crippen molar-refractivity contribution < 1.29 is 14.3 Å². The number of nitriles is 1. The van der Waals surface area contributed by atoms with Gasteiger partial charge in [0.25, 0.3) is 5.91 Å². The Morgan fingerprint density at radius 1 is 1.34 bits per heavy atom. The number of anilines is 2. The minimum absolute atomic E-state index is 0.105. The van der Waals surface area contributed by atoms with Gasteiger partial charge >= 0.3 is 5.97 Å². The topological polar surface area (TPSA) is 104 Å². The third-order valence-corrected chi connectivity index (χ3v) is 4.88. The van der Waals surface area contributed by atoms with E-state index in [4.69, 9.17) is 10.00 Å². The van der Waals surface area contributed by atoms with Crippen molar-refractivity contribution in [3.05, 3.63) is 53.2 Å². The number of amides is 1. The number of benzene rings is 1. The molecule has 2 aromatic rings. The summed E-state index contributed by atoms with van der Waals surface area (Å²) < 4.78 is 4.94. The minimum atomic E-state index is -0.210. The molecule has 1 saturated heterocycles. The van der Waals surface area contributed by atoms with Gasteiger partial charge in [0.1, 0.15) is 5.82 Å². The van der Waals surface area contributed by atoms with E-state index in [1.165, 1.54) is 0 Å². The number of hydrogen-bond acceptors (Lipinski definition) is 6. The smallest absolute Gasteiger partial charge is 0.306 e. The quantitative estimate of drug-likeness (QED) is 0.729. The number of cyclic esters (lactones) is 1. The lowest BCUT2D eigenvalue weighted by molar-refractivity contribution is -0.149. The number of carbonyl (C=O) groups excluding carboxylic acids is 2. The predicted molar refractivity (Wildman–Crippen MR) is 109 cm³/mol. The van der Waals surface area contributed by atoms with Crippen LogP contribution >= 0.6 is 0 Å². The maximum atomic E-state index is 12.7. The van der Waals surface area contributed by atoms with E-state index in [-0.39, 0.29) is 23.7 Å². The number of esters is 1. The highest BCUT2D eigenvalue weighted by molar-refractivity contribution is 5.96. The van der Waals surface area contributed by atoms with Crippen LogP contribution in [0.3, 0.4) is 0 Å². The summed E-state index contributed by atoms with van der Waals surface area (Å²) in [6, 6.07) is 11.0. The number of ether oxygens (including phenoxy) is 1. The van der Waals surface area contributed by atoms with Crippen LogP contribution in [0.1, 0.15) is 54.1 Å². The van der Waals surface area contributed by atoms with Gasteiger partial charge < -0.3 is 15.4 Å². The molecular formula is C22H24N4O3. The Labute approximate surface area is 170 Å². The average Bonchev–Trinajstić information content (AvgIpc) is 2.72. The fraction of sp³-hybridized carbons (Fsp3) is 0.364. The van der Waals surface area contributed by atoms with Gasteiger partial charge in [0, 0.05) is 18.4 Å². The number of pyridine rings is 1. The van der Waals surface area contributed by atoms with Gasteiger partial charge in [-0.15, -0.1) is 0 Å². The third kappa shape index (κ3) is 5.32. The standard InChI is InChI=1S/C22H24N4O3/c1-14(2)18-10-20(26-17-5-3-15(11-23)4-6-17)24-13-19(18)22(28)25-12-16-7-8-29-21(27)9-16/h3-6,10,13-14,16H,7-9,12H2,1-2H3,(H,24,26)(H,25,28). The van der Waals surface area contributed by atoms with Gasteiger partial charge in [0.2, 0.25) is 0 Å². The molecule has 0 radical (unpaired) electrons. The molecule has 7 nitrogen and oxygen atoms in total. The summed E-state index contributed by atoms with van der Waals surface area (Å²) in [6.45, 7) is 4.90. The maximum absolute atomic E-state index is 12.7. The molecule has 7 heteroatoms. The van der Waals surface area contributed by atoms with E-state index in [9.17, 15) is 9.59 Å². The van der Waals surface area contributed by atoms with Crippen LogP contribution in [-0.2, 0) is 9.53 Å². The van der Waals surface area contributed by atoms with E-state index in [0.717, 1.165) is 17.7 Å². The lowest BCUT2D eigenvalue weighted by Crippen LogP contribution is -2.34. The average molecular weight is 392 g/mol. The second kappa shape index (κ2) is 9.20. The molecule has 29 heavy (non-hydrogen) atoms. The summed E-state index contributed by atoms with van der Waals surface area (Å²) in [4.78, 5) is 28.5. The molecule has 2 N–H and O–H groups in total. The van der Waals surface area contributed by atoms with Crippen molar-refractivity contribution >= 4 is 23.4 Å². The summed E-state index contributed by atoms with van der Waals surface area (Å²) in [5.41, 5.74) is 2.82. The number of rotatable bonds is 6. The Morgan fingerprint density at radius 3 is 2.76 bits per heavy atom. The fourth-order valence-electron chi connectivity index (χ4n) is 3.23. The maximum Gasteiger partial charge on any atom is 0.306 e. The van der Waals surface area contributed by atoms with Crippen molar-refractivity contribution in [2.45, 2.75) is 32.6 Å². The highest BCUT2D eigenvalue weighted by atomic mass is 16.5. The van der Waals surface area contributed by atoms with E-state index in [1.807, 2.05) is 32.0 Å². The molecule has 1 atom stereocenters. The second-order valence-corrected chi connectivity index (χ2v) is 7.41. The Kier molecular flexibility index (Phi) is 6.45. The van der Waals surface area contributed by atoms with Gasteiger partial charge in [-0.25, -0.2) is 4.98 Å². The molecule has 1 fully saturated rings. The number of nitrogens with zero attached hydrogens (tertiary/aromatic N) is 2. The molecule has 1 aliphatic rings. The van der Waals surface area contributed by atoms with Crippen LogP contribution in [-0.4, -0.2) is 30.0 Å². The van der Waals surface area contributed by atoms with Gasteiger partial charge in [-0.2, -0.15) is 5.26 Å². The van der Waals surface area contributed by atoms with Gasteiger partial charge in [0.15, 0.2) is 0 Å². The van der Waals surface area contributed by atoms with Gasteiger partial charge in [-0.05, 0) is 54.2 Å². The largest absolute Gasteiger partial charge is 0.466 e. The zero-order valence-electron chi connectivity index (χ0n) is 16.6. The second-order valence-electron chi connectivity index (χ2n) is 7.41. The molecule has 1 aromatic heterocycles. The van der Waals surface area contributed by atoms with Crippen LogP contribution in [0.25, 0.3) is 0 Å². The molecule has 0 bridgehead atoms. The van der Waals surface area contributed by atoms with E-state index < -0.39 is 0 Å². The number of aromatic nitrogens is 1. The first-order chi connectivity index (χ1) is 14.0. The molecule has 3 rings (SSSR count). The lowest BCUT2D eigenvalue weighted by atomic mass is 9.97. The van der Waals surface area contributed by atoms with E-state index in [2.05, 4.69) is 21.7 Å². The normalized spacial score (nSPS) is 16.1. The van der Waals surface area contributed by atoms with Crippen LogP contribution in [0.15, 0.2) is 36.5 Å². The molecule has 1 unspecified atom stereocenters. The zero-order chi connectivity index (χ0) is 20.8. The van der Waals surface area contributed by atoms with Crippen molar-refractivity contribution in [2.24, 2.45) is 5.92 Å². The number of hydrogen-bond donors (Lipinski definition) is 2. The summed E-state index contributed by atoms with van der Waals surface area (Å²) in [6.07, 6.45) is 2.67. The van der Waals surface area contributed by atoms with Crippen LogP contribution in [0, 0.1) is 17.2 Å². The van der Waals surface area contributed by atoms with Crippen molar-refractivity contribution in [3.8, 4) is 6.07 Å². The Bertz CT molecular complexity index is 932. The van der Waals surface area contributed by atoms with Crippen LogP contribution in [0.2, 0.25) is 0 Å². The Morgan fingerprint density at radius 2 is 2.10 bits per heavy atom. The monoisotopic (exact) mass is 392 g/mol. The highest BCUT2D eigenvalue weighted by Gasteiger charge is 2.22. The van der Waals surface area contributed by atoms with Crippen LogP contribution in [0.5, 0.6) is 0 Å². The SMILES string of the molecule is CC(C)c1cc(Nc2ccc(C#N)cc2)ncc1C(=O)NCC1CCOC(=O)C1. The first-order valence-electron chi connectivity index (χ1n) is 9.67. The Balaban J connectivity index is 1.70. The van der Waals surface area contributed by atoms with E-state index >= 15 is 0 Å². The molecular weight excluding hydrogens is 368 g/mol. The predicted octanol–water partition coefficient (Wildman–Crippen LogP) is 3.50. The first kappa shape index (κ1) is 20.3. The molecule has 1 aromatic carbocycles. The van der Waals surface area contributed by atoms with Gasteiger partial charge in [-0.3, -0.25) is 9.59 Å². The summed E-state index contributed by atoms with van der Waals surface area (Å²) in [5.74, 6) is 0.464. The molecule has 1 aliphatic heterocycles. The number of carbonyl (C=O) groups is 2. The molecule has 0 aliphatic carbocycles. The number of nitrogens with one attached hydrogen (secondary N) is 2. The molecule has 150 valence electrons. The third-order valence-electron chi connectivity index (χ3n) is 4.88. The Hall–Kier alpha value is -3.40. The summed E-state index contributed by atoms with van der Waals surface area (Å²) in [5, 5.41) is 15.0. The lowest BCUT2D eigenvalue weighted by Gasteiger charge is -2.22. The van der Waals surface area contributed by atoms with Gasteiger partial charge in [-0.1, -0.05) is 13.8 Å². The minimum Gasteiger partial charge on any atom is -0.466 e. The molecule has 2 heterocycles. The van der Waals surface area contributed by atoms with Crippen LogP contribution < -0.4 is 10.6 Å².